The molecule has 0 aliphatic heterocycles. The number of carboxylic acid groups (broad SMARTS) is 4. The summed E-state index contributed by atoms with van der Waals surface area (Å²) in [5.74, 6) is -6.56. The van der Waals surface area contributed by atoms with Gasteiger partial charge in [0, 0.05) is 0 Å². The van der Waals surface area contributed by atoms with Crippen LogP contribution in [0.2, 0.25) is 0 Å². The molecule has 0 spiro atoms. The molecule has 8 nitrogen and oxygen atoms in total. The summed E-state index contributed by atoms with van der Waals surface area (Å²) in [4.78, 5) is 42.4. The average Bonchev–Trinajstić information content (AvgIpc) is 2.55. The molecule has 2 aliphatic rings. The molecule has 2 saturated carbocycles. The molecule has 25 heavy (non-hydrogen) atoms. The predicted octanol–water partition coefficient (Wildman–Crippen LogP) is 1.28. The van der Waals surface area contributed by atoms with Gasteiger partial charge in [0.05, 0.1) is 23.7 Å². The number of hydrogen-bond donors (Lipinski definition) is 4. The molecule has 0 heterocycles. The molecule has 4 N–H and O–H groups in total. The van der Waals surface area contributed by atoms with Gasteiger partial charge in [0.1, 0.15) is 0 Å². The van der Waals surface area contributed by atoms with E-state index >= 15 is 0 Å². The normalized spacial score (nSPS) is 28.5. The Balaban J connectivity index is 0.000000443. The second-order valence-corrected chi connectivity index (χ2v) is 6.35. The Bertz CT molecular complexity index is 405. The predicted molar refractivity (Wildman–Crippen MR) is 88.6 cm³/mol. The van der Waals surface area contributed by atoms with Crippen LogP contribution in [0, 0.1) is 23.7 Å². The molecule has 0 aromatic heterocycles. The monoisotopic (exact) mass is 368 g/mol. The minimum atomic E-state index is -0.970. The van der Waals surface area contributed by atoms with Crippen molar-refractivity contribution >= 4 is 53.4 Å². The van der Waals surface area contributed by atoms with Crippen molar-refractivity contribution in [2.45, 2.75) is 51.4 Å². The number of hydrogen-bond acceptors (Lipinski definition) is 4. The average molecular weight is 368 g/mol. The summed E-state index contributed by atoms with van der Waals surface area (Å²) in [5, 5.41) is 34.8. The third kappa shape index (κ3) is 7.33. The standard InChI is InChI=1S/2C8H12O4.Na.H/c2*9-7(10)5-3-1-2-4-6(5)8(11)12;;/h2*5-6H,1-4H2,(H,9,10)(H,11,12);;. The van der Waals surface area contributed by atoms with Gasteiger partial charge in [-0.25, -0.2) is 0 Å². The summed E-state index contributed by atoms with van der Waals surface area (Å²) in [7, 11) is 0. The van der Waals surface area contributed by atoms with Crippen molar-refractivity contribution < 1.29 is 39.6 Å². The number of rotatable bonds is 4. The Labute approximate surface area is 167 Å². The first kappa shape index (κ1) is 23.9. The molecular formula is C16H25NaO8. The zero-order chi connectivity index (χ0) is 18.3. The molecule has 2 aliphatic carbocycles. The number of carbonyl (C=O) groups is 4. The van der Waals surface area contributed by atoms with Gasteiger partial charge < -0.3 is 20.4 Å². The van der Waals surface area contributed by atoms with E-state index in [1.165, 1.54) is 0 Å². The summed E-state index contributed by atoms with van der Waals surface area (Å²) >= 11 is 0. The Kier molecular flexibility index (Phi) is 11.0. The van der Waals surface area contributed by atoms with Gasteiger partial charge in [-0.3, -0.25) is 19.2 Å². The molecule has 0 bridgehead atoms. The molecule has 0 aromatic rings. The molecule has 0 aromatic carbocycles. The van der Waals surface area contributed by atoms with Gasteiger partial charge in [-0.05, 0) is 25.7 Å². The Morgan fingerprint density at radius 3 is 0.760 bits per heavy atom. The zero-order valence-electron chi connectivity index (χ0n) is 13.4. The topological polar surface area (TPSA) is 149 Å². The van der Waals surface area contributed by atoms with E-state index in [0.717, 1.165) is 25.7 Å². The van der Waals surface area contributed by atoms with E-state index in [1.54, 1.807) is 0 Å². The maximum absolute atomic E-state index is 10.6. The van der Waals surface area contributed by atoms with Crippen LogP contribution in [0.1, 0.15) is 51.4 Å². The molecule has 2 rings (SSSR count). The molecule has 4 unspecified atom stereocenters. The molecule has 0 radical (unpaired) electrons. The molecule has 0 saturated heterocycles. The SMILES string of the molecule is O=C(O)C1CCCCC1C(=O)O.O=C(O)C1CCCCC1C(=O)O.[NaH]. The fourth-order valence-electron chi connectivity index (χ4n) is 3.44. The van der Waals surface area contributed by atoms with Crippen LogP contribution in [0.3, 0.4) is 0 Å². The van der Waals surface area contributed by atoms with Crippen molar-refractivity contribution in [3.05, 3.63) is 0 Å². The summed E-state index contributed by atoms with van der Waals surface area (Å²) in [6.45, 7) is 0. The quantitative estimate of drug-likeness (QED) is 0.542. The van der Waals surface area contributed by atoms with Crippen LogP contribution in [-0.4, -0.2) is 73.9 Å². The Morgan fingerprint density at radius 1 is 0.480 bits per heavy atom. The van der Waals surface area contributed by atoms with E-state index in [1.807, 2.05) is 0 Å². The van der Waals surface area contributed by atoms with E-state index < -0.39 is 47.5 Å². The van der Waals surface area contributed by atoms with Crippen molar-refractivity contribution in [1.29, 1.82) is 0 Å². The van der Waals surface area contributed by atoms with E-state index in [-0.39, 0.29) is 29.6 Å². The van der Waals surface area contributed by atoms with E-state index in [2.05, 4.69) is 0 Å². The van der Waals surface area contributed by atoms with Gasteiger partial charge >= 0.3 is 53.4 Å². The first-order valence-electron chi connectivity index (χ1n) is 8.17. The second kappa shape index (κ2) is 11.5. The maximum atomic E-state index is 10.6. The Hall–Kier alpha value is -1.12. The minimum absolute atomic E-state index is 0. The van der Waals surface area contributed by atoms with Crippen LogP contribution in [-0.2, 0) is 19.2 Å². The van der Waals surface area contributed by atoms with Crippen LogP contribution >= 0.6 is 0 Å². The van der Waals surface area contributed by atoms with E-state index in [4.69, 9.17) is 20.4 Å². The van der Waals surface area contributed by atoms with Crippen LogP contribution in [0.25, 0.3) is 0 Å². The van der Waals surface area contributed by atoms with Crippen molar-refractivity contribution in [3.63, 3.8) is 0 Å². The van der Waals surface area contributed by atoms with Gasteiger partial charge in [-0.2, -0.15) is 0 Å². The van der Waals surface area contributed by atoms with E-state index in [0.29, 0.717) is 25.7 Å². The molecule has 0 amide bonds. The molecule has 9 heteroatoms. The van der Waals surface area contributed by atoms with Gasteiger partial charge in [0.15, 0.2) is 0 Å². The van der Waals surface area contributed by atoms with Crippen molar-refractivity contribution in [2.24, 2.45) is 23.7 Å². The summed E-state index contributed by atoms with van der Waals surface area (Å²) in [6, 6.07) is 0. The molecular weight excluding hydrogens is 343 g/mol. The number of aliphatic carboxylic acids is 4. The van der Waals surface area contributed by atoms with Gasteiger partial charge in [0.2, 0.25) is 0 Å². The van der Waals surface area contributed by atoms with Crippen molar-refractivity contribution in [1.82, 2.24) is 0 Å². The fourth-order valence-corrected chi connectivity index (χ4v) is 3.44. The third-order valence-corrected chi connectivity index (χ3v) is 4.80. The summed E-state index contributed by atoms with van der Waals surface area (Å²) in [6.07, 6.45) is 5.36. The Morgan fingerprint density at radius 2 is 0.640 bits per heavy atom. The zero-order valence-corrected chi connectivity index (χ0v) is 13.4. The van der Waals surface area contributed by atoms with Crippen LogP contribution in [0.5, 0.6) is 0 Å². The van der Waals surface area contributed by atoms with Crippen molar-refractivity contribution in [2.75, 3.05) is 0 Å². The first-order valence-corrected chi connectivity index (χ1v) is 8.17. The first-order chi connectivity index (χ1) is 11.3. The van der Waals surface area contributed by atoms with Crippen LogP contribution in [0.15, 0.2) is 0 Å². The summed E-state index contributed by atoms with van der Waals surface area (Å²) in [5.41, 5.74) is 0. The molecule has 2 fully saturated rings. The van der Waals surface area contributed by atoms with Gasteiger partial charge in [-0.1, -0.05) is 25.7 Å². The molecule has 138 valence electrons. The van der Waals surface area contributed by atoms with Crippen LogP contribution in [0.4, 0.5) is 0 Å². The summed E-state index contributed by atoms with van der Waals surface area (Å²) < 4.78 is 0. The fraction of sp³-hybridized carbons (Fsp3) is 0.750. The van der Waals surface area contributed by atoms with Gasteiger partial charge in [0.25, 0.3) is 0 Å². The van der Waals surface area contributed by atoms with Crippen LogP contribution < -0.4 is 0 Å². The molecule has 4 atom stereocenters. The number of carboxylic acids is 4. The van der Waals surface area contributed by atoms with E-state index in [9.17, 15) is 19.2 Å². The third-order valence-electron chi connectivity index (χ3n) is 4.80. The van der Waals surface area contributed by atoms with Crippen molar-refractivity contribution in [3.8, 4) is 0 Å². The second-order valence-electron chi connectivity index (χ2n) is 6.35. The van der Waals surface area contributed by atoms with Gasteiger partial charge in [-0.15, -0.1) is 0 Å².